The standard InChI is InChI=1S/C23H20ClF3N10OS/c1-11-7-18(33-19-9-16(36-37-19)20(28)38-2)34-21(30-11)31-13-4-6-17(29-10-13)35-22(39)32-12-3-5-15(24)14(8-12)23(25,26)27/h3-10,28H,1-2H3,(H2,29,32,35,39)(H3,30,31,33,34,36,37). The third-order valence-electron chi connectivity index (χ3n) is 4.93. The zero-order valence-corrected chi connectivity index (χ0v) is 21.8. The van der Waals surface area contributed by atoms with Crippen LogP contribution in [0.15, 0.2) is 48.7 Å². The molecule has 0 bridgehead atoms. The lowest BCUT2D eigenvalue weighted by Crippen LogP contribution is -2.20. The van der Waals surface area contributed by atoms with Gasteiger partial charge in [-0.25, -0.2) is 9.97 Å². The SMILES string of the molecule is COC(=N)c1cc(Nc2cc(C)nc(Nc3ccc(NC(=S)Nc4ccc(Cl)c(C(F)(F)F)c4)nc3)n2)n[nH]1. The van der Waals surface area contributed by atoms with Crippen LogP contribution in [0.4, 0.5) is 47.9 Å². The molecule has 0 spiro atoms. The van der Waals surface area contributed by atoms with Crippen molar-refractivity contribution in [2.75, 3.05) is 28.4 Å². The van der Waals surface area contributed by atoms with E-state index in [9.17, 15) is 13.2 Å². The van der Waals surface area contributed by atoms with Crippen molar-refractivity contribution in [1.29, 1.82) is 5.41 Å². The van der Waals surface area contributed by atoms with Gasteiger partial charge in [0.15, 0.2) is 10.9 Å². The van der Waals surface area contributed by atoms with Crippen molar-refractivity contribution >= 4 is 69.6 Å². The van der Waals surface area contributed by atoms with Crippen molar-refractivity contribution in [2.24, 2.45) is 0 Å². The molecule has 39 heavy (non-hydrogen) atoms. The van der Waals surface area contributed by atoms with Crippen LogP contribution in [0, 0.1) is 12.3 Å². The molecule has 16 heteroatoms. The molecule has 0 saturated heterocycles. The molecule has 6 N–H and O–H groups in total. The molecule has 4 rings (SSSR count). The Bertz CT molecular complexity index is 1510. The summed E-state index contributed by atoms with van der Waals surface area (Å²) in [6.45, 7) is 1.80. The minimum absolute atomic E-state index is 0.0403. The second-order valence-corrected chi connectivity index (χ2v) is 8.69. The molecule has 3 aromatic heterocycles. The number of methoxy groups -OCH3 is 1. The number of pyridine rings is 1. The molecular weight excluding hydrogens is 557 g/mol. The van der Waals surface area contributed by atoms with Crippen LogP contribution < -0.4 is 21.3 Å². The average molecular weight is 577 g/mol. The van der Waals surface area contributed by atoms with Crippen molar-refractivity contribution < 1.29 is 17.9 Å². The minimum atomic E-state index is -4.59. The lowest BCUT2D eigenvalue weighted by Gasteiger charge is -2.14. The number of aryl methyl sites for hydroxylation is 1. The summed E-state index contributed by atoms with van der Waals surface area (Å²) in [4.78, 5) is 13.0. The second-order valence-electron chi connectivity index (χ2n) is 7.87. The maximum absolute atomic E-state index is 13.1. The summed E-state index contributed by atoms with van der Waals surface area (Å²) in [5.74, 6) is 1.49. The Balaban J connectivity index is 1.38. The van der Waals surface area contributed by atoms with Crippen molar-refractivity contribution in [2.45, 2.75) is 13.1 Å². The molecule has 0 aliphatic heterocycles. The number of nitrogens with zero attached hydrogens (tertiary/aromatic N) is 4. The topological polar surface area (TPSA) is 149 Å². The number of hydrogen-bond donors (Lipinski definition) is 6. The van der Waals surface area contributed by atoms with Gasteiger partial charge >= 0.3 is 6.18 Å². The van der Waals surface area contributed by atoms with Crippen LogP contribution in [0.1, 0.15) is 17.0 Å². The normalized spacial score (nSPS) is 11.0. The number of rotatable bonds is 7. The van der Waals surface area contributed by atoms with Crippen LogP contribution in [0.5, 0.6) is 0 Å². The van der Waals surface area contributed by atoms with E-state index in [4.69, 9.17) is 34.0 Å². The van der Waals surface area contributed by atoms with E-state index >= 15 is 0 Å². The van der Waals surface area contributed by atoms with Gasteiger partial charge in [0, 0.05) is 23.5 Å². The number of hydrogen-bond acceptors (Lipinski definition) is 9. The first-order chi connectivity index (χ1) is 18.5. The third-order valence-corrected chi connectivity index (χ3v) is 5.46. The summed E-state index contributed by atoms with van der Waals surface area (Å²) in [5, 5.41) is 25.6. The maximum Gasteiger partial charge on any atom is 0.417 e. The molecule has 1 aromatic carbocycles. The summed E-state index contributed by atoms with van der Waals surface area (Å²) >= 11 is 10.8. The number of halogens is 4. The molecule has 0 atom stereocenters. The van der Waals surface area contributed by atoms with Gasteiger partial charge in [-0.1, -0.05) is 11.6 Å². The number of anilines is 6. The number of aromatic nitrogens is 5. The summed E-state index contributed by atoms with van der Waals surface area (Å²) in [6, 6.07) is 10.0. The molecule has 3 heterocycles. The highest BCUT2D eigenvalue weighted by Crippen LogP contribution is 2.36. The smallest absolute Gasteiger partial charge is 0.417 e. The summed E-state index contributed by atoms with van der Waals surface area (Å²) in [7, 11) is 1.39. The molecule has 0 saturated carbocycles. The van der Waals surface area contributed by atoms with Crippen LogP contribution in [0.25, 0.3) is 0 Å². The van der Waals surface area contributed by atoms with Crippen molar-refractivity contribution in [3.63, 3.8) is 0 Å². The highest BCUT2D eigenvalue weighted by molar-refractivity contribution is 7.80. The van der Waals surface area contributed by atoms with E-state index in [0.29, 0.717) is 40.5 Å². The summed E-state index contributed by atoms with van der Waals surface area (Å²) in [5.41, 5.74) is 0.792. The van der Waals surface area contributed by atoms with Gasteiger partial charge in [-0.2, -0.15) is 23.3 Å². The van der Waals surface area contributed by atoms with Gasteiger partial charge in [0.05, 0.1) is 29.6 Å². The molecule has 0 aliphatic rings. The highest BCUT2D eigenvalue weighted by atomic mass is 35.5. The molecule has 0 aliphatic carbocycles. The van der Waals surface area contributed by atoms with E-state index in [1.54, 1.807) is 31.2 Å². The van der Waals surface area contributed by atoms with Gasteiger partial charge in [0.1, 0.15) is 17.3 Å². The van der Waals surface area contributed by atoms with E-state index in [1.807, 2.05) is 0 Å². The fourth-order valence-corrected chi connectivity index (χ4v) is 3.65. The van der Waals surface area contributed by atoms with E-state index in [-0.39, 0.29) is 16.7 Å². The molecular formula is C23H20ClF3N10OS. The number of thiocarbonyl (C=S) groups is 1. The van der Waals surface area contributed by atoms with Crippen LogP contribution in [0.3, 0.4) is 0 Å². The van der Waals surface area contributed by atoms with E-state index in [0.717, 1.165) is 12.1 Å². The summed E-state index contributed by atoms with van der Waals surface area (Å²) in [6.07, 6.45) is -3.09. The molecule has 0 fully saturated rings. The fraction of sp³-hybridized carbons (Fsp3) is 0.130. The van der Waals surface area contributed by atoms with Crippen molar-refractivity contribution in [3.05, 3.63) is 70.6 Å². The lowest BCUT2D eigenvalue weighted by molar-refractivity contribution is -0.137. The zero-order valence-electron chi connectivity index (χ0n) is 20.2. The first-order valence-electron chi connectivity index (χ1n) is 11.0. The Hall–Kier alpha value is -4.50. The maximum atomic E-state index is 13.1. The Labute approximate surface area is 230 Å². The average Bonchev–Trinajstić information content (AvgIpc) is 3.33. The van der Waals surface area contributed by atoms with Crippen molar-refractivity contribution in [3.8, 4) is 0 Å². The summed E-state index contributed by atoms with van der Waals surface area (Å²) < 4.78 is 44.1. The number of benzene rings is 1. The van der Waals surface area contributed by atoms with E-state index in [1.165, 1.54) is 19.4 Å². The fourth-order valence-electron chi connectivity index (χ4n) is 3.20. The minimum Gasteiger partial charge on any atom is -0.480 e. The monoisotopic (exact) mass is 576 g/mol. The van der Waals surface area contributed by atoms with Crippen LogP contribution in [-0.2, 0) is 10.9 Å². The van der Waals surface area contributed by atoms with Gasteiger partial charge in [-0.15, -0.1) is 0 Å². The van der Waals surface area contributed by atoms with E-state index in [2.05, 4.69) is 46.4 Å². The Morgan fingerprint density at radius 1 is 1.00 bits per heavy atom. The van der Waals surface area contributed by atoms with Gasteiger partial charge < -0.3 is 26.0 Å². The van der Waals surface area contributed by atoms with Crippen LogP contribution in [0.2, 0.25) is 5.02 Å². The molecule has 4 aromatic rings. The number of alkyl halides is 3. The largest absolute Gasteiger partial charge is 0.480 e. The Morgan fingerprint density at radius 3 is 2.46 bits per heavy atom. The van der Waals surface area contributed by atoms with Gasteiger partial charge in [-0.05, 0) is 49.5 Å². The quantitative estimate of drug-likeness (QED) is 0.0899. The van der Waals surface area contributed by atoms with Crippen LogP contribution >= 0.6 is 23.8 Å². The number of H-pyrrole nitrogens is 1. The molecule has 0 radical (unpaired) electrons. The number of ether oxygens (including phenoxy) is 1. The third kappa shape index (κ3) is 7.30. The van der Waals surface area contributed by atoms with E-state index < -0.39 is 16.8 Å². The first kappa shape index (κ1) is 27.5. The Morgan fingerprint density at radius 2 is 1.77 bits per heavy atom. The predicted molar refractivity (Wildman–Crippen MR) is 146 cm³/mol. The highest BCUT2D eigenvalue weighted by Gasteiger charge is 2.33. The number of nitrogens with one attached hydrogen (secondary N) is 6. The second kappa shape index (κ2) is 11.5. The van der Waals surface area contributed by atoms with Gasteiger partial charge in [-0.3, -0.25) is 10.5 Å². The first-order valence-corrected chi connectivity index (χ1v) is 11.8. The number of aromatic amines is 1. The molecule has 0 unspecified atom stereocenters. The Kier molecular flexibility index (Phi) is 8.11. The molecule has 202 valence electrons. The molecule has 11 nitrogen and oxygen atoms in total. The zero-order chi connectivity index (χ0) is 28.2. The van der Waals surface area contributed by atoms with Gasteiger partial charge in [0.25, 0.3) is 0 Å². The lowest BCUT2D eigenvalue weighted by atomic mass is 10.2. The molecule has 0 amide bonds. The van der Waals surface area contributed by atoms with Crippen molar-refractivity contribution in [1.82, 2.24) is 25.1 Å². The van der Waals surface area contributed by atoms with Gasteiger partial charge in [0.2, 0.25) is 11.8 Å². The van der Waals surface area contributed by atoms with Crippen LogP contribution in [-0.4, -0.2) is 43.3 Å². The predicted octanol–water partition coefficient (Wildman–Crippen LogP) is 5.84.